The van der Waals surface area contributed by atoms with Crippen LogP contribution in [0.15, 0.2) is 71.6 Å². The Morgan fingerprint density at radius 2 is 1.77 bits per heavy atom. The van der Waals surface area contributed by atoms with Gasteiger partial charge >= 0.3 is 0 Å². The van der Waals surface area contributed by atoms with Gasteiger partial charge in [0.05, 0.1) is 17.1 Å². The third kappa shape index (κ3) is 4.19. The molecule has 0 spiro atoms. The molecule has 0 aromatic heterocycles. The average Bonchev–Trinajstić information content (AvgIpc) is 2.76. The highest BCUT2D eigenvalue weighted by molar-refractivity contribution is 7.92. The number of anilines is 2. The van der Waals surface area contributed by atoms with Gasteiger partial charge in [0.25, 0.3) is 15.9 Å². The predicted molar refractivity (Wildman–Crippen MR) is 112 cm³/mol. The van der Waals surface area contributed by atoms with Crippen LogP contribution in [0.25, 0.3) is 0 Å². The summed E-state index contributed by atoms with van der Waals surface area (Å²) in [5.74, 6) is -2.77. The van der Waals surface area contributed by atoms with Crippen LogP contribution < -0.4 is 14.4 Å². The number of hydrogen-bond donors (Lipinski definition) is 1. The molecule has 1 aliphatic rings. The van der Waals surface area contributed by atoms with Gasteiger partial charge in [0.2, 0.25) is 0 Å². The second-order valence-electron chi connectivity index (χ2n) is 6.69. The highest BCUT2D eigenvalue weighted by atomic mass is 35.5. The van der Waals surface area contributed by atoms with Gasteiger partial charge in [-0.25, -0.2) is 17.2 Å². The third-order valence-corrected chi connectivity index (χ3v) is 6.63. The molecule has 0 fully saturated rings. The lowest BCUT2D eigenvalue weighted by Crippen LogP contribution is -2.48. The van der Waals surface area contributed by atoms with Gasteiger partial charge in [0.1, 0.15) is 5.75 Å². The lowest BCUT2D eigenvalue weighted by Gasteiger charge is -2.34. The van der Waals surface area contributed by atoms with Gasteiger partial charge in [-0.2, -0.15) is 0 Å². The summed E-state index contributed by atoms with van der Waals surface area (Å²) in [4.78, 5) is 12.8. The number of nitrogens with zero attached hydrogens (tertiary/aromatic N) is 1. The van der Waals surface area contributed by atoms with Gasteiger partial charge in [0, 0.05) is 16.8 Å². The van der Waals surface area contributed by atoms with E-state index in [2.05, 4.69) is 5.32 Å². The summed E-state index contributed by atoms with van der Waals surface area (Å²) in [6.45, 7) is -0.347. The van der Waals surface area contributed by atoms with E-state index in [1.54, 1.807) is 18.2 Å². The molecule has 0 saturated carbocycles. The van der Waals surface area contributed by atoms with Crippen molar-refractivity contribution >= 4 is 38.9 Å². The van der Waals surface area contributed by atoms with E-state index in [-0.39, 0.29) is 28.6 Å². The average molecular weight is 465 g/mol. The van der Waals surface area contributed by atoms with Gasteiger partial charge in [-0.15, -0.1) is 0 Å². The first kappa shape index (κ1) is 21.1. The summed E-state index contributed by atoms with van der Waals surface area (Å²) >= 11 is 6.05. The van der Waals surface area contributed by atoms with Gasteiger partial charge in [-0.05, 0) is 42.5 Å². The topological polar surface area (TPSA) is 75.7 Å². The summed E-state index contributed by atoms with van der Waals surface area (Å²) in [5.41, 5.74) is 0.195. The van der Waals surface area contributed by atoms with E-state index >= 15 is 0 Å². The Bertz CT molecular complexity index is 1260. The highest BCUT2D eigenvalue weighted by Gasteiger charge is 2.37. The zero-order valence-corrected chi connectivity index (χ0v) is 17.3. The van der Waals surface area contributed by atoms with E-state index in [1.807, 2.05) is 0 Å². The fourth-order valence-electron chi connectivity index (χ4n) is 3.10. The van der Waals surface area contributed by atoms with E-state index < -0.39 is 33.7 Å². The van der Waals surface area contributed by atoms with Crippen LogP contribution in [0, 0.1) is 11.6 Å². The van der Waals surface area contributed by atoms with Crippen molar-refractivity contribution in [2.24, 2.45) is 0 Å². The standard InChI is InChI=1S/C21H15ClF2N2O4S/c22-13-6-9-19-18(10-13)26(31(28,29)15-4-2-1-3-5-15)12-20(30-19)21(27)25-14-7-8-16(23)17(24)11-14/h1-11,20H,12H2,(H,25,27). The second-order valence-corrected chi connectivity index (χ2v) is 8.98. The number of fused-ring (bicyclic) bond motifs is 1. The van der Waals surface area contributed by atoms with E-state index in [0.717, 1.165) is 16.4 Å². The number of carbonyl (C=O) groups is 1. The Morgan fingerprint density at radius 3 is 2.48 bits per heavy atom. The van der Waals surface area contributed by atoms with E-state index in [4.69, 9.17) is 16.3 Å². The molecule has 0 saturated heterocycles. The Kier molecular flexibility index (Phi) is 5.55. The molecule has 3 aromatic rings. The summed E-state index contributed by atoms with van der Waals surface area (Å²) in [6.07, 6.45) is -1.25. The number of hydrogen-bond acceptors (Lipinski definition) is 4. The summed E-state index contributed by atoms with van der Waals surface area (Å²) in [6, 6.07) is 15.0. The first-order valence-electron chi connectivity index (χ1n) is 9.05. The molecule has 10 heteroatoms. The predicted octanol–water partition coefficient (Wildman–Crippen LogP) is 4.21. The largest absolute Gasteiger partial charge is 0.476 e. The molecule has 1 unspecified atom stereocenters. The molecule has 4 rings (SSSR count). The van der Waals surface area contributed by atoms with Crippen molar-refractivity contribution in [2.45, 2.75) is 11.0 Å². The molecular weight excluding hydrogens is 450 g/mol. The third-order valence-electron chi connectivity index (χ3n) is 4.60. The fourth-order valence-corrected chi connectivity index (χ4v) is 4.76. The van der Waals surface area contributed by atoms with Gasteiger partial charge in [0.15, 0.2) is 17.7 Å². The van der Waals surface area contributed by atoms with E-state index in [1.165, 1.54) is 36.4 Å². The first-order valence-corrected chi connectivity index (χ1v) is 10.9. The Balaban J connectivity index is 1.68. The molecule has 6 nitrogen and oxygen atoms in total. The molecule has 1 amide bonds. The first-order chi connectivity index (χ1) is 14.8. The zero-order chi connectivity index (χ0) is 22.2. The maximum Gasteiger partial charge on any atom is 0.267 e. The number of ether oxygens (including phenoxy) is 1. The van der Waals surface area contributed by atoms with Gasteiger partial charge < -0.3 is 10.1 Å². The van der Waals surface area contributed by atoms with Crippen LogP contribution in [0.3, 0.4) is 0 Å². The molecule has 1 N–H and O–H groups in total. The number of nitrogens with one attached hydrogen (secondary N) is 1. The van der Waals surface area contributed by atoms with Crippen LogP contribution in [0.2, 0.25) is 5.02 Å². The number of sulfonamides is 1. The van der Waals surface area contributed by atoms with Crippen molar-refractivity contribution in [3.05, 3.63) is 83.4 Å². The molecule has 0 bridgehead atoms. The van der Waals surface area contributed by atoms with E-state index in [9.17, 15) is 22.0 Å². The van der Waals surface area contributed by atoms with Gasteiger partial charge in [-0.3, -0.25) is 9.10 Å². The number of benzene rings is 3. The molecular formula is C21H15ClF2N2O4S. The molecule has 31 heavy (non-hydrogen) atoms. The van der Waals surface area contributed by atoms with Crippen LogP contribution in [0.5, 0.6) is 5.75 Å². The lowest BCUT2D eigenvalue weighted by atomic mass is 10.2. The molecule has 1 heterocycles. The zero-order valence-electron chi connectivity index (χ0n) is 15.8. The molecule has 160 valence electrons. The summed E-state index contributed by atoms with van der Waals surface area (Å²) in [5, 5.41) is 2.71. The minimum atomic E-state index is -4.04. The van der Waals surface area contributed by atoms with Crippen molar-refractivity contribution in [1.29, 1.82) is 0 Å². The maximum absolute atomic E-state index is 13.5. The van der Waals surface area contributed by atoms with Crippen LogP contribution in [-0.2, 0) is 14.8 Å². The van der Waals surface area contributed by atoms with Crippen molar-refractivity contribution in [1.82, 2.24) is 0 Å². The van der Waals surface area contributed by atoms with Crippen molar-refractivity contribution in [3.63, 3.8) is 0 Å². The quantitative estimate of drug-likeness (QED) is 0.627. The van der Waals surface area contributed by atoms with Crippen LogP contribution in [-0.4, -0.2) is 27.0 Å². The molecule has 3 aromatic carbocycles. The SMILES string of the molecule is O=C(Nc1ccc(F)c(F)c1)C1CN(S(=O)(=O)c2ccccc2)c2cc(Cl)ccc2O1. The molecule has 1 atom stereocenters. The van der Waals surface area contributed by atoms with Gasteiger partial charge in [-0.1, -0.05) is 29.8 Å². The molecule has 0 radical (unpaired) electrons. The second kappa shape index (κ2) is 8.16. The maximum atomic E-state index is 13.5. The van der Waals surface area contributed by atoms with Crippen molar-refractivity contribution < 1.29 is 26.7 Å². The molecule has 1 aliphatic heterocycles. The van der Waals surface area contributed by atoms with Crippen LogP contribution in [0.1, 0.15) is 0 Å². The normalized spacial score (nSPS) is 15.7. The van der Waals surface area contributed by atoms with Crippen molar-refractivity contribution in [2.75, 3.05) is 16.2 Å². The summed E-state index contributed by atoms with van der Waals surface area (Å²) < 4.78 is 59.9. The van der Waals surface area contributed by atoms with E-state index in [0.29, 0.717) is 5.02 Å². The Labute approximate surface area is 182 Å². The monoisotopic (exact) mass is 464 g/mol. The molecule has 0 aliphatic carbocycles. The lowest BCUT2D eigenvalue weighted by molar-refractivity contribution is -0.122. The van der Waals surface area contributed by atoms with Crippen molar-refractivity contribution in [3.8, 4) is 5.75 Å². The smallest absolute Gasteiger partial charge is 0.267 e. The van der Waals surface area contributed by atoms with Crippen LogP contribution >= 0.6 is 11.6 Å². The number of halogens is 3. The minimum absolute atomic E-state index is 0.00636. The number of amides is 1. The number of carbonyl (C=O) groups excluding carboxylic acids is 1. The Morgan fingerprint density at radius 1 is 1.03 bits per heavy atom. The Hall–Kier alpha value is -3.17. The fraction of sp³-hybridized carbons (Fsp3) is 0.0952. The highest BCUT2D eigenvalue weighted by Crippen LogP contribution is 2.39. The van der Waals surface area contributed by atoms with Crippen LogP contribution in [0.4, 0.5) is 20.2 Å². The minimum Gasteiger partial charge on any atom is -0.476 e. The summed E-state index contributed by atoms with van der Waals surface area (Å²) in [7, 11) is -4.04. The number of rotatable bonds is 4.